The molecule has 0 radical (unpaired) electrons. The van der Waals surface area contributed by atoms with E-state index in [0.29, 0.717) is 12.0 Å². The van der Waals surface area contributed by atoms with Crippen molar-refractivity contribution < 1.29 is 0 Å². The van der Waals surface area contributed by atoms with Gasteiger partial charge in [0.15, 0.2) is 0 Å². The molecule has 0 aliphatic rings. The standard InChI is InChI=1S/C10H24N4/c1-6-12-10(13-11)14(5)9(4)7-8(2)3/h8-9H,6-7,11H2,1-5H3,(H,12,13). The number of guanidine groups is 1. The van der Waals surface area contributed by atoms with E-state index in [0.717, 1.165) is 18.9 Å². The number of hydrazine groups is 1. The number of nitrogens with one attached hydrogen (secondary N) is 1. The summed E-state index contributed by atoms with van der Waals surface area (Å²) < 4.78 is 0. The highest BCUT2D eigenvalue weighted by molar-refractivity contribution is 5.79. The number of nitrogens with zero attached hydrogens (tertiary/aromatic N) is 2. The summed E-state index contributed by atoms with van der Waals surface area (Å²) in [5.74, 6) is 6.86. The first-order chi connectivity index (χ1) is 6.52. The van der Waals surface area contributed by atoms with Gasteiger partial charge in [0.2, 0.25) is 5.96 Å². The molecule has 84 valence electrons. The van der Waals surface area contributed by atoms with Gasteiger partial charge < -0.3 is 4.90 Å². The van der Waals surface area contributed by atoms with Crippen molar-refractivity contribution in [1.82, 2.24) is 10.3 Å². The predicted octanol–water partition coefficient (Wildman–Crippen LogP) is 1.19. The first-order valence-electron chi connectivity index (χ1n) is 5.26. The average Bonchev–Trinajstić information content (AvgIpc) is 2.12. The van der Waals surface area contributed by atoms with Crippen molar-refractivity contribution in [3.63, 3.8) is 0 Å². The van der Waals surface area contributed by atoms with E-state index >= 15 is 0 Å². The molecular formula is C10H24N4. The van der Waals surface area contributed by atoms with E-state index in [1.54, 1.807) is 0 Å². The van der Waals surface area contributed by atoms with Gasteiger partial charge in [0, 0.05) is 19.6 Å². The van der Waals surface area contributed by atoms with E-state index in [1.165, 1.54) is 0 Å². The van der Waals surface area contributed by atoms with Crippen LogP contribution in [0.3, 0.4) is 0 Å². The Kier molecular flexibility index (Phi) is 6.28. The monoisotopic (exact) mass is 200 g/mol. The average molecular weight is 200 g/mol. The number of rotatable bonds is 4. The number of hydrogen-bond acceptors (Lipinski definition) is 2. The van der Waals surface area contributed by atoms with Gasteiger partial charge in [-0.3, -0.25) is 10.4 Å². The highest BCUT2D eigenvalue weighted by Gasteiger charge is 2.13. The van der Waals surface area contributed by atoms with Gasteiger partial charge in [-0.25, -0.2) is 5.84 Å². The molecule has 0 saturated carbocycles. The molecule has 0 aromatic rings. The van der Waals surface area contributed by atoms with E-state index in [1.807, 2.05) is 14.0 Å². The lowest BCUT2D eigenvalue weighted by atomic mass is 10.0. The first-order valence-corrected chi connectivity index (χ1v) is 5.26. The number of aliphatic imine (C=N–C) groups is 1. The summed E-state index contributed by atoms with van der Waals surface area (Å²) in [5.41, 5.74) is 2.63. The molecule has 0 aromatic heterocycles. The fourth-order valence-corrected chi connectivity index (χ4v) is 1.46. The number of nitrogens with two attached hydrogens (primary N) is 1. The molecule has 0 rings (SSSR count). The minimum Gasteiger partial charge on any atom is -0.342 e. The van der Waals surface area contributed by atoms with Crippen molar-refractivity contribution in [3.05, 3.63) is 0 Å². The molecule has 0 amide bonds. The molecule has 0 aliphatic heterocycles. The summed E-state index contributed by atoms with van der Waals surface area (Å²) in [4.78, 5) is 6.36. The Morgan fingerprint density at radius 3 is 2.36 bits per heavy atom. The molecule has 0 saturated heterocycles. The second kappa shape index (κ2) is 6.65. The van der Waals surface area contributed by atoms with Crippen molar-refractivity contribution in [2.24, 2.45) is 16.8 Å². The van der Waals surface area contributed by atoms with Crippen LogP contribution in [0.5, 0.6) is 0 Å². The molecule has 1 unspecified atom stereocenters. The zero-order valence-corrected chi connectivity index (χ0v) is 10.0. The number of hydrogen-bond donors (Lipinski definition) is 2. The van der Waals surface area contributed by atoms with E-state index in [2.05, 4.69) is 36.1 Å². The normalized spacial score (nSPS) is 14.4. The Hall–Kier alpha value is -0.770. The van der Waals surface area contributed by atoms with Gasteiger partial charge in [0.25, 0.3) is 0 Å². The zero-order chi connectivity index (χ0) is 11.1. The molecule has 0 bridgehead atoms. The highest BCUT2D eigenvalue weighted by Crippen LogP contribution is 2.09. The maximum Gasteiger partial charge on any atom is 0.208 e. The van der Waals surface area contributed by atoms with Crippen LogP contribution < -0.4 is 11.3 Å². The van der Waals surface area contributed by atoms with Crippen LogP contribution in [-0.2, 0) is 0 Å². The summed E-state index contributed by atoms with van der Waals surface area (Å²) in [6.07, 6.45) is 1.14. The van der Waals surface area contributed by atoms with Gasteiger partial charge in [-0.1, -0.05) is 13.8 Å². The minimum atomic E-state index is 0.455. The summed E-state index contributed by atoms with van der Waals surface area (Å²) >= 11 is 0. The quantitative estimate of drug-likeness (QED) is 0.310. The van der Waals surface area contributed by atoms with Crippen molar-refractivity contribution in [3.8, 4) is 0 Å². The lowest BCUT2D eigenvalue weighted by Crippen LogP contribution is -2.47. The third kappa shape index (κ3) is 4.46. The van der Waals surface area contributed by atoms with E-state index < -0.39 is 0 Å². The molecule has 3 N–H and O–H groups in total. The second-order valence-corrected chi connectivity index (χ2v) is 4.03. The van der Waals surface area contributed by atoms with Crippen molar-refractivity contribution in [2.45, 2.75) is 40.2 Å². The van der Waals surface area contributed by atoms with E-state index in [-0.39, 0.29) is 0 Å². The molecule has 0 fully saturated rings. The molecule has 0 spiro atoms. The summed E-state index contributed by atoms with van der Waals surface area (Å²) in [5, 5.41) is 0. The van der Waals surface area contributed by atoms with Crippen LogP contribution in [0.1, 0.15) is 34.1 Å². The van der Waals surface area contributed by atoms with E-state index in [4.69, 9.17) is 5.84 Å². The lowest BCUT2D eigenvalue weighted by Gasteiger charge is -2.28. The van der Waals surface area contributed by atoms with Crippen LogP contribution >= 0.6 is 0 Å². The summed E-state index contributed by atoms with van der Waals surface area (Å²) in [6, 6.07) is 0.455. The van der Waals surface area contributed by atoms with Crippen LogP contribution in [0.15, 0.2) is 4.99 Å². The van der Waals surface area contributed by atoms with Crippen LogP contribution in [0.2, 0.25) is 0 Å². The molecule has 4 heteroatoms. The topological polar surface area (TPSA) is 53.6 Å². The summed E-state index contributed by atoms with van der Waals surface area (Å²) in [7, 11) is 2.02. The zero-order valence-electron chi connectivity index (χ0n) is 10.0. The predicted molar refractivity (Wildman–Crippen MR) is 62.0 cm³/mol. The van der Waals surface area contributed by atoms with Crippen molar-refractivity contribution >= 4 is 5.96 Å². The van der Waals surface area contributed by atoms with Crippen LogP contribution in [0.4, 0.5) is 0 Å². The lowest BCUT2D eigenvalue weighted by molar-refractivity contribution is 0.323. The van der Waals surface area contributed by atoms with Crippen molar-refractivity contribution in [1.29, 1.82) is 0 Å². The maximum absolute atomic E-state index is 5.41. The Morgan fingerprint density at radius 2 is 2.00 bits per heavy atom. The smallest absolute Gasteiger partial charge is 0.208 e. The third-order valence-electron chi connectivity index (χ3n) is 2.24. The molecule has 0 aromatic carbocycles. The minimum absolute atomic E-state index is 0.455. The maximum atomic E-state index is 5.41. The Balaban J connectivity index is 4.26. The first kappa shape index (κ1) is 13.2. The Morgan fingerprint density at radius 1 is 1.43 bits per heavy atom. The van der Waals surface area contributed by atoms with Gasteiger partial charge in [0.1, 0.15) is 0 Å². The second-order valence-electron chi connectivity index (χ2n) is 4.03. The fourth-order valence-electron chi connectivity index (χ4n) is 1.46. The van der Waals surface area contributed by atoms with Crippen molar-refractivity contribution in [2.75, 3.05) is 13.6 Å². The van der Waals surface area contributed by atoms with Crippen LogP contribution in [0.25, 0.3) is 0 Å². The van der Waals surface area contributed by atoms with Gasteiger partial charge in [-0.15, -0.1) is 0 Å². The van der Waals surface area contributed by atoms with Gasteiger partial charge >= 0.3 is 0 Å². The highest BCUT2D eigenvalue weighted by atomic mass is 15.4. The molecule has 14 heavy (non-hydrogen) atoms. The van der Waals surface area contributed by atoms with Gasteiger partial charge in [-0.05, 0) is 26.2 Å². The molecule has 0 aliphatic carbocycles. The molecular weight excluding hydrogens is 176 g/mol. The SMILES string of the molecule is CCN=C(NN)N(C)C(C)CC(C)C. The van der Waals surface area contributed by atoms with Gasteiger partial charge in [-0.2, -0.15) is 0 Å². The van der Waals surface area contributed by atoms with Crippen LogP contribution in [-0.4, -0.2) is 30.5 Å². The molecule has 0 heterocycles. The third-order valence-corrected chi connectivity index (χ3v) is 2.24. The largest absolute Gasteiger partial charge is 0.342 e. The van der Waals surface area contributed by atoms with Gasteiger partial charge in [0.05, 0.1) is 0 Å². The van der Waals surface area contributed by atoms with E-state index in [9.17, 15) is 0 Å². The summed E-state index contributed by atoms with van der Waals surface area (Å²) in [6.45, 7) is 9.37. The Labute approximate surface area is 87.5 Å². The Bertz CT molecular complexity index is 177. The fraction of sp³-hybridized carbons (Fsp3) is 0.900. The molecule has 4 nitrogen and oxygen atoms in total. The molecule has 1 atom stereocenters. The van der Waals surface area contributed by atoms with Crippen LogP contribution in [0, 0.1) is 5.92 Å².